The van der Waals surface area contributed by atoms with Crippen molar-refractivity contribution in [2.24, 2.45) is 10.7 Å². The summed E-state index contributed by atoms with van der Waals surface area (Å²) in [4.78, 5) is 3.95. The van der Waals surface area contributed by atoms with Crippen molar-refractivity contribution in [1.29, 1.82) is 0 Å². The Bertz CT molecular complexity index is 175. The lowest BCUT2D eigenvalue weighted by molar-refractivity contribution is 0.861. The highest BCUT2D eigenvalue weighted by Gasteiger charge is 2.08. The first kappa shape index (κ1) is 10.3. The Morgan fingerprint density at radius 2 is 2.18 bits per heavy atom. The monoisotopic (exact) mass is 175 g/mol. The van der Waals surface area contributed by atoms with Gasteiger partial charge in [0.05, 0.1) is 11.1 Å². The van der Waals surface area contributed by atoms with Gasteiger partial charge in [-0.2, -0.15) is 0 Å². The molecule has 0 amide bonds. The first-order chi connectivity index (χ1) is 5.20. The summed E-state index contributed by atoms with van der Waals surface area (Å²) < 4.78 is 0. The molecule has 0 aromatic carbocycles. The average Bonchev–Trinajstić information content (AvgIpc) is 2.02. The number of nitrogens with zero attached hydrogens (tertiary/aromatic N) is 1. The van der Waals surface area contributed by atoms with Crippen molar-refractivity contribution in [3.05, 3.63) is 11.2 Å². The van der Waals surface area contributed by atoms with Gasteiger partial charge in [-0.1, -0.05) is 25.4 Å². The first-order valence-electron chi connectivity index (χ1n) is 3.65. The van der Waals surface area contributed by atoms with E-state index < -0.39 is 0 Å². The fourth-order valence-corrected chi connectivity index (χ4v) is 0.674. The number of nitrogens with one attached hydrogen (secondary N) is 1. The molecule has 4 heteroatoms. The van der Waals surface area contributed by atoms with Crippen LogP contribution in [0.5, 0.6) is 0 Å². The fourth-order valence-electron chi connectivity index (χ4n) is 0.571. The number of hydrogen-bond donors (Lipinski definition) is 2. The van der Waals surface area contributed by atoms with Gasteiger partial charge in [-0.3, -0.25) is 0 Å². The zero-order valence-corrected chi connectivity index (χ0v) is 7.81. The molecule has 1 atom stereocenters. The molecule has 0 bridgehead atoms. The number of nitrogens with two attached hydrogens (primary N) is 1. The minimum absolute atomic E-state index is 0.00733. The van der Waals surface area contributed by atoms with Gasteiger partial charge in [-0.25, -0.2) is 4.99 Å². The van der Waals surface area contributed by atoms with Crippen LogP contribution in [-0.2, 0) is 0 Å². The van der Waals surface area contributed by atoms with E-state index in [1.54, 1.807) is 6.20 Å². The van der Waals surface area contributed by atoms with Gasteiger partial charge in [0.2, 0.25) is 0 Å². The smallest absolute Gasteiger partial charge is 0.193 e. The van der Waals surface area contributed by atoms with Gasteiger partial charge in [0.1, 0.15) is 0 Å². The van der Waals surface area contributed by atoms with Gasteiger partial charge < -0.3 is 11.1 Å². The maximum Gasteiger partial charge on any atom is 0.193 e. The molecule has 1 aliphatic heterocycles. The van der Waals surface area contributed by atoms with E-state index in [2.05, 4.69) is 10.3 Å². The third-order valence-electron chi connectivity index (χ3n) is 1.09. The quantitative estimate of drug-likeness (QED) is 0.585. The van der Waals surface area contributed by atoms with Crippen molar-refractivity contribution in [3.63, 3.8) is 0 Å². The van der Waals surface area contributed by atoms with Crippen molar-refractivity contribution < 1.29 is 0 Å². The van der Waals surface area contributed by atoms with Crippen LogP contribution in [0.4, 0.5) is 0 Å². The summed E-state index contributed by atoms with van der Waals surface area (Å²) in [5, 5.41) is 3.38. The predicted octanol–water partition coefficient (Wildman–Crippen LogP) is 1.40. The highest BCUT2D eigenvalue weighted by molar-refractivity contribution is 6.30. The van der Waals surface area contributed by atoms with E-state index in [0.29, 0.717) is 11.0 Å². The van der Waals surface area contributed by atoms with Gasteiger partial charge in [0.15, 0.2) is 5.96 Å². The van der Waals surface area contributed by atoms with Crippen LogP contribution in [0.2, 0.25) is 0 Å². The second kappa shape index (κ2) is 5.02. The summed E-state index contributed by atoms with van der Waals surface area (Å²) in [5.74, 6) is 0.423. The number of rotatable bonds is 0. The Morgan fingerprint density at radius 1 is 1.64 bits per heavy atom. The number of aliphatic imine (C=N–C) groups is 1. The van der Waals surface area contributed by atoms with Gasteiger partial charge in [0, 0.05) is 6.20 Å². The van der Waals surface area contributed by atoms with Crippen LogP contribution in [0.1, 0.15) is 20.8 Å². The normalized spacial score (nSPS) is 22.0. The van der Waals surface area contributed by atoms with Crippen molar-refractivity contribution in [1.82, 2.24) is 5.32 Å². The molecule has 1 heterocycles. The zero-order chi connectivity index (χ0) is 8.85. The van der Waals surface area contributed by atoms with Crippen LogP contribution < -0.4 is 11.1 Å². The van der Waals surface area contributed by atoms with Crippen LogP contribution in [0, 0.1) is 0 Å². The Labute approximate surface area is 72.3 Å². The minimum Gasteiger partial charge on any atom is -0.370 e. The molecule has 0 aliphatic carbocycles. The Morgan fingerprint density at radius 3 is 2.55 bits per heavy atom. The average molecular weight is 176 g/mol. The van der Waals surface area contributed by atoms with Crippen molar-refractivity contribution >= 4 is 17.6 Å². The maximum atomic E-state index is 5.67. The Hall–Kier alpha value is -0.700. The molecular formula is C7H14ClN3. The second-order valence-corrected chi connectivity index (χ2v) is 2.30. The van der Waals surface area contributed by atoms with E-state index in [-0.39, 0.29) is 6.04 Å². The molecule has 3 nitrogen and oxygen atoms in total. The molecule has 0 saturated heterocycles. The summed E-state index contributed by atoms with van der Waals surface area (Å²) in [6.07, 6.45) is 1.65. The lowest BCUT2D eigenvalue weighted by Gasteiger charge is -2.12. The van der Waals surface area contributed by atoms with Gasteiger partial charge in [0.25, 0.3) is 0 Å². The summed E-state index contributed by atoms with van der Waals surface area (Å²) >= 11 is 5.67. The third kappa shape index (κ3) is 3.28. The first-order valence-corrected chi connectivity index (χ1v) is 4.03. The van der Waals surface area contributed by atoms with Gasteiger partial charge in [-0.15, -0.1) is 0 Å². The van der Waals surface area contributed by atoms with Crippen molar-refractivity contribution in [2.45, 2.75) is 26.8 Å². The molecule has 0 spiro atoms. The number of guanidine groups is 1. The molecule has 1 rings (SSSR count). The fraction of sp³-hybridized carbons (Fsp3) is 0.571. The molecule has 11 heavy (non-hydrogen) atoms. The van der Waals surface area contributed by atoms with Crippen LogP contribution in [0.25, 0.3) is 0 Å². The van der Waals surface area contributed by atoms with E-state index in [9.17, 15) is 0 Å². The van der Waals surface area contributed by atoms with Crippen molar-refractivity contribution in [3.8, 4) is 0 Å². The number of halogens is 1. The molecule has 0 aromatic rings. The Kier molecular flexibility index (Phi) is 4.70. The van der Waals surface area contributed by atoms with Crippen LogP contribution in [0.3, 0.4) is 0 Å². The molecule has 1 aliphatic rings. The minimum atomic E-state index is 0.00733. The topological polar surface area (TPSA) is 50.4 Å². The highest BCUT2D eigenvalue weighted by atomic mass is 35.5. The van der Waals surface area contributed by atoms with E-state index >= 15 is 0 Å². The van der Waals surface area contributed by atoms with Crippen molar-refractivity contribution in [2.75, 3.05) is 0 Å². The van der Waals surface area contributed by atoms with E-state index in [4.69, 9.17) is 17.3 Å². The van der Waals surface area contributed by atoms with Crippen LogP contribution in [-0.4, -0.2) is 12.0 Å². The van der Waals surface area contributed by atoms with Crippen LogP contribution in [0.15, 0.2) is 16.2 Å². The molecular weight excluding hydrogens is 162 g/mol. The lowest BCUT2D eigenvalue weighted by atomic mass is 10.3. The summed E-state index contributed by atoms with van der Waals surface area (Å²) in [6.45, 7) is 5.88. The largest absolute Gasteiger partial charge is 0.370 e. The van der Waals surface area contributed by atoms with E-state index in [1.807, 2.05) is 20.8 Å². The zero-order valence-electron chi connectivity index (χ0n) is 7.06. The van der Waals surface area contributed by atoms with E-state index in [1.165, 1.54) is 0 Å². The maximum absolute atomic E-state index is 5.67. The summed E-state index contributed by atoms with van der Waals surface area (Å²) in [7, 11) is 0. The standard InChI is InChI=1S/C5H8ClN3.C2H6/c1-3-4(6)2-8-5(7)9-3;1-2/h2-3H,1H3,(H3,7,8,9);1-2H3. The highest BCUT2D eigenvalue weighted by Crippen LogP contribution is 2.11. The predicted molar refractivity (Wildman–Crippen MR) is 49.5 cm³/mol. The molecule has 1 unspecified atom stereocenters. The molecule has 0 fully saturated rings. The summed E-state index contributed by atoms with van der Waals surface area (Å²) in [5.41, 5.74) is 5.32. The molecule has 0 radical (unpaired) electrons. The molecule has 0 aromatic heterocycles. The van der Waals surface area contributed by atoms with Crippen LogP contribution >= 0.6 is 11.6 Å². The molecule has 0 saturated carbocycles. The molecule has 64 valence electrons. The molecule has 3 N–H and O–H groups in total. The van der Waals surface area contributed by atoms with E-state index in [0.717, 1.165) is 0 Å². The van der Waals surface area contributed by atoms with Gasteiger partial charge in [-0.05, 0) is 6.92 Å². The Balaban J connectivity index is 0.000000461. The van der Waals surface area contributed by atoms with Gasteiger partial charge >= 0.3 is 0 Å². The summed E-state index contributed by atoms with van der Waals surface area (Å²) in [6, 6.07) is 0.00733. The number of hydrogen-bond acceptors (Lipinski definition) is 3. The lowest BCUT2D eigenvalue weighted by Crippen LogP contribution is -2.32. The second-order valence-electron chi connectivity index (χ2n) is 1.86. The SMILES string of the molecule is CC.CC1N=C(N)NC=C1Cl. The third-order valence-corrected chi connectivity index (χ3v) is 1.51.